The highest BCUT2D eigenvalue weighted by Crippen LogP contribution is 2.10. The Labute approximate surface area is 111 Å². The molecule has 0 atom stereocenters. The van der Waals surface area contributed by atoms with Crippen LogP contribution in [-0.4, -0.2) is 12.6 Å². The Morgan fingerprint density at radius 2 is 2.11 bits per heavy atom. The first kappa shape index (κ1) is 15.3. The second-order valence-electron chi connectivity index (χ2n) is 5.07. The summed E-state index contributed by atoms with van der Waals surface area (Å²) < 4.78 is 11.1. The van der Waals surface area contributed by atoms with Crippen molar-refractivity contribution in [1.82, 2.24) is 5.32 Å². The minimum absolute atomic E-state index is 0.498. The molecule has 18 heavy (non-hydrogen) atoms. The molecule has 0 saturated heterocycles. The fourth-order valence-corrected chi connectivity index (χ4v) is 1.72. The van der Waals surface area contributed by atoms with E-state index in [1.165, 1.54) is 24.8 Å². The molecule has 1 aromatic rings. The maximum absolute atomic E-state index is 5.59. The van der Waals surface area contributed by atoms with E-state index in [-0.39, 0.29) is 0 Å². The molecule has 0 spiro atoms. The van der Waals surface area contributed by atoms with Crippen molar-refractivity contribution >= 4 is 0 Å². The van der Waals surface area contributed by atoms with Crippen molar-refractivity contribution in [3.8, 4) is 0 Å². The molecule has 1 heterocycles. The summed E-state index contributed by atoms with van der Waals surface area (Å²) in [6.07, 6.45) is 6.79. The van der Waals surface area contributed by atoms with E-state index in [1.54, 1.807) is 0 Å². The third kappa shape index (κ3) is 6.82. The van der Waals surface area contributed by atoms with Gasteiger partial charge in [-0.05, 0) is 12.5 Å². The average Bonchev–Trinajstić information content (AvgIpc) is 2.79. The van der Waals surface area contributed by atoms with Gasteiger partial charge in [0, 0.05) is 24.8 Å². The summed E-state index contributed by atoms with van der Waals surface area (Å²) in [4.78, 5) is 0. The molecule has 0 aliphatic rings. The maximum Gasteiger partial charge on any atom is 0.129 e. The first-order chi connectivity index (χ1) is 8.72. The minimum Gasteiger partial charge on any atom is -0.467 e. The summed E-state index contributed by atoms with van der Waals surface area (Å²) in [6.45, 7) is 8.78. The smallest absolute Gasteiger partial charge is 0.129 e. The monoisotopic (exact) mass is 253 g/mol. The predicted molar refractivity (Wildman–Crippen MR) is 74.5 cm³/mol. The molecule has 0 aliphatic heterocycles. The van der Waals surface area contributed by atoms with E-state index >= 15 is 0 Å². The molecule has 0 radical (unpaired) electrons. The predicted octanol–water partition coefficient (Wildman–Crippen LogP) is 3.87. The Bertz CT molecular complexity index is 307. The van der Waals surface area contributed by atoms with E-state index in [9.17, 15) is 0 Å². The van der Waals surface area contributed by atoms with Crippen LogP contribution in [0.1, 0.15) is 57.8 Å². The van der Waals surface area contributed by atoms with Gasteiger partial charge in [-0.1, -0.05) is 40.0 Å². The molecule has 0 amide bonds. The van der Waals surface area contributed by atoms with Crippen molar-refractivity contribution in [1.29, 1.82) is 0 Å². The first-order valence-corrected chi connectivity index (χ1v) is 7.09. The molecule has 0 fully saturated rings. The van der Waals surface area contributed by atoms with Gasteiger partial charge >= 0.3 is 0 Å². The highest BCUT2D eigenvalue weighted by molar-refractivity contribution is 5.12. The van der Waals surface area contributed by atoms with Crippen LogP contribution in [-0.2, 0) is 17.9 Å². The maximum atomic E-state index is 5.59. The van der Waals surface area contributed by atoms with Crippen LogP contribution >= 0.6 is 0 Å². The number of hydrogen-bond acceptors (Lipinski definition) is 3. The van der Waals surface area contributed by atoms with Crippen LogP contribution in [0, 0.1) is 0 Å². The number of rotatable bonds is 10. The van der Waals surface area contributed by atoms with Gasteiger partial charge < -0.3 is 14.5 Å². The lowest BCUT2D eigenvalue weighted by molar-refractivity contribution is 0.102. The molecular weight excluding hydrogens is 226 g/mol. The lowest BCUT2D eigenvalue weighted by Gasteiger charge is -2.04. The van der Waals surface area contributed by atoms with Crippen LogP contribution in [0.2, 0.25) is 0 Å². The van der Waals surface area contributed by atoms with Crippen LogP contribution in [0.5, 0.6) is 0 Å². The fraction of sp³-hybridized carbons (Fsp3) is 0.733. The molecule has 1 rings (SSSR count). The third-order valence-electron chi connectivity index (χ3n) is 2.81. The lowest BCUT2D eigenvalue weighted by atomic mass is 10.2. The number of unbranched alkanes of at least 4 members (excludes halogenated alkanes) is 3. The summed E-state index contributed by atoms with van der Waals surface area (Å²) in [7, 11) is 0. The summed E-state index contributed by atoms with van der Waals surface area (Å²) in [5.41, 5.74) is 1.19. The number of hydrogen-bond donors (Lipinski definition) is 1. The van der Waals surface area contributed by atoms with Crippen LogP contribution in [0.15, 0.2) is 16.7 Å². The highest BCUT2D eigenvalue weighted by Gasteiger charge is 2.02. The van der Waals surface area contributed by atoms with Gasteiger partial charge in [-0.3, -0.25) is 0 Å². The Hall–Kier alpha value is -0.800. The normalized spacial score (nSPS) is 11.3. The van der Waals surface area contributed by atoms with Gasteiger partial charge in [0.15, 0.2) is 0 Å². The van der Waals surface area contributed by atoms with Crippen molar-refractivity contribution in [2.45, 2.75) is 65.6 Å². The molecule has 0 aromatic carbocycles. The zero-order chi connectivity index (χ0) is 13.2. The molecule has 1 aromatic heterocycles. The van der Waals surface area contributed by atoms with Crippen molar-refractivity contribution < 1.29 is 9.15 Å². The molecule has 0 saturated carbocycles. The lowest BCUT2D eigenvalue weighted by Crippen LogP contribution is -2.21. The second-order valence-corrected chi connectivity index (χ2v) is 5.07. The topological polar surface area (TPSA) is 34.4 Å². The Kier molecular flexibility index (Phi) is 7.78. The van der Waals surface area contributed by atoms with Gasteiger partial charge in [0.05, 0.1) is 6.26 Å². The minimum atomic E-state index is 0.498. The van der Waals surface area contributed by atoms with Crippen LogP contribution < -0.4 is 5.32 Å². The van der Waals surface area contributed by atoms with E-state index in [4.69, 9.17) is 9.15 Å². The van der Waals surface area contributed by atoms with Gasteiger partial charge in [0.2, 0.25) is 0 Å². The standard InChI is InChI=1S/C15H27NO2/c1-4-5-6-7-8-17-12-15-9-14(11-18-15)10-16-13(2)3/h9,11,13,16H,4-8,10,12H2,1-3H3. The first-order valence-electron chi connectivity index (χ1n) is 7.09. The van der Waals surface area contributed by atoms with E-state index in [0.29, 0.717) is 12.6 Å². The average molecular weight is 253 g/mol. The van der Waals surface area contributed by atoms with Gasteiger partial charge in [0.1, 0.15) is 12.4 Å². The largest absolute Gasteiger partial charge is 0.467 e. The molecule has 0 bridgehead atoms. The quantitative estimate of drug-likeness (QED) is 0.643. The zero-order valence-electron chi connectivity index (χ0n) is 12.0. The highest BCUT2D eigenvalue weighted by atomic mass is 16.5. The molecule has 3 heteroatoms. The summed E-state index contributed by atoms with van der Waals surface area (Å²) in [5.74, 6) is 0.922. The van der Waals surface area contributed by atoms with Crippen LogP contribution in [0.4, 0.5) is 0 Å². The van der Waals surface area contributed by atoms with Gasteiger partial charge in [0.25, 0.3) is 0 Å². The summed E-state index contributed by atoms with van der Waals surface area (Å²) in [6, 6.07) is 2.57. The third-order valence-corrected chi connectivity index (χ3v) is 2.81. The van der Waals surface area contributed by atoms with Crippen molar-refractivity contribution in [2.75, 3.05) is 6.61 Å². The Morgan fingerprint density at radius 1 is 1.28 bits per heavy atom. The second kappa shape index (κ2) is 9.17. The Balaban J connectivity index is 2.11. The van der Waals surface area contributed by atoms with Crippen molar-refractivity contribution in [3.05, 3.63) is 23.7 Å². The molecule has 3 nitrogen and oxygen atoms in total. The fourth-order valence-electron chi connectivity index (χ4n) is 1.72. The van der Waals surface area contributed by atoms with E-state index < -0.39 is 0 Å². The van der Waals surface area contributed by atoms with Crippen molar-refractivity contribution in [2.24, 2.45) is 0 Å². The molecule has 1 N–H and O–H groups in total. The molecule has 0 unspecified atom stereocenters. The molecular formula is C15H27NO2. The molecule has 0 aliphatic carbocycles. The number of nitrogens with one attached hydrogen (secondary N) is 1. The van der Waals surface area contributed by atoms with E-state index in [0.717, 1.165) is 25.3 Å². The van der Waals surface area contributed by atoms with Gasteiger partial charge in [-0.2, -0.15) is 0 Å². The van der Waals surface area contributed by atoms with E-state index in [2.05, 4.69) is 32.2 Å². The molecule has 104 valence electrons. The summed E-state index contributed by atoms with van der Waals surface area (Å²) in [5, 5.41) is 3.36. The van der Waals surface area contributed by atoms with Crippen LogP contribution in [0.3, 0.4) is 0 Å². The zero-order valence-corrected chi connectivity index (χ0v) is 12.0. The van der Waals surface area contributed by atoms with Gasteiger partial charge in [-0.15, -0.1) is 0 Å². The Morgan fingerprint density at radius 3 is 2.83 bits per heavy atom. The van der Waals surface area contributed by atoms with Crippen LogP contribution in [0.25, 0.3) is 0 Å². The SMILES string of the molecule is CCCCCCOCc1cc(CNC(C)C)co1. The van der Waals surface area contributed by atoms with Crippen molar-refractivity contribution in [3.63, 3.8) is 0 Å². The van der Waals surface area contributed by atoms with Gasteiger partial charge in [-0.25, -0.2) is 0 Å². The number of furan rings is 1. The van der Waals surface area contributed by atoms with E-state index in [1.807, 2.05) is 6.26 Å². The number of ether oxygens (including phenoxy) is 1. The summed E-state index contributed by atoms with van der Waals surface area (Å²) >= 11 is 0.